The summed E-state index contributed by atoms with van der Waals surface area (Å²) >= 11 is 0. The molecule has 0 aliphatic heterocycles. The van der Waals surface area contributed by atoms with Gasteiger partial charge in [-0.05, 0) is 6.04 Å². The van der Waals surface area contributed by atoms with Gasteiger partial charge in [0.2, 0.25) is 0 Å². The molecule has 0 atom stereocenters. The van der Waals surface area contributed by atoms with Crippen molar-refractivity contribution in [1.29, 1.82) is 0 Å². The topological polar surface area (TPSA) is 0 Å². The summed E-state index contributed by atoms with van der Waals surface area (Å²) in [5.74, 6) is 0. The minimum Gasteiger partial charge on any atom is -0.0680 e. The molecule has 0 N–H and O–H groups in total. The van der Waals surface area contributed by atoms with Crippen LogP contribution in [0.5, 0.6) is 0 Å². The molecular formula is C7H17Si. The van der Waals surface area contributed by atoms with Gasteiger partial charge >= 0.3 is 0 Å². The fourth-order valence-electron chi connectivity index (χ4n) is 0.955. The van der Waals surface area contributed by atoms with Gasteiger partial charge in [0, 0.05) is 8.80 Å². The van der Waals surface area contributed by atoms with Crippen molar-refractivity contribution in [2.75, 3.05) is 0 Å². The van der Waals surface area contributed by atoms with E-state index in [0.717, 1.165) is 0 Å². The van der Waals surface area contributed by atoms with Crippen LogP contribution in [-0.4, -0.2) is 8.80 Å². The van der Waals surface area contributed by atoms with E-state index in [9.17, 15) is 0 Å². The molecule has 0 amide bonds. The van der Waals surface area contributed by atoms with Crippen molar-refractivity contribution in [1.82, 2.24) is 0 Å². The number of rotatable bonds is 4. The average Bonchev–Trinajstić information content (AvgIpc) is 1.83. The molecule has 0 nitrogen and oxygen atoms in total. The summed E-state index contributed by atoms with van der Waals surface area (Å²) in [4.78, 5) is 0. The predicted molar refractivity (Wildman–Crippen MR) is 42.7 cm³/mol. The standard InChI is InChI=1S/C7H17Si/c1-4-7-8(5-2)6-3/h7-8H,4-6H2,1-3H3. The second-order valence-electron chi connectivity index (χ2n) is 2.22. The van der Waals surface area contributed by atoms with Crippen molar-refractivity contribution >= 4 is 8.80 Å². The highest BCUT2D eigenvalue weighted by Gasteiger charge is 2.01. The van der Waals surface area contributed by atoms with Crippen molar-refractivity contribution in [2.45, 2.75) is 39.3 Å². The molecule has 0 aromatic carbocycles. The van der Waals surface area contributed by atoms with Gasteiger partial charge in [0.1, 0.15) is 0 Å². The molecule has 0 spiro atoms. The zero-order valence-corrected chi connectivity index (χ0v) is 7.43. The lowest BCUT2D eigenvalue weighted by atomic mass is 10.6. The Morgan fingerprint density at radius 1 is 1.12 bits per heavy atom. The molecule has 0 heterocycles. The fourth-order valence-corrected chi connectivity index (χ4v) is 2.87. The third-order valence-corrected chi connectivity index (χ3v) is 4.85. The first kappa shape index (κ1) is 8.22. The van der Waals surface area contributed by atoms with Crippen molar-refractivity contribution in [3.8, 4) is 0 Å². The monoisotopic (exact) mass is 129 g/mol. The number of hydrogen-bond acceptors (Lipinski definition) is 0. The van der Waals surface area contributed by atoms with Crippen LogP contribution in [0.3, 0.4) is 0 Å². The Balaban J connectivity index is 3.07. The zero-order chi connectivity index (χ0) is 6.41. The summed E-state index contributed by atoms with van der Waals surface area (Å²) in [6.45, 7) is 6.87. The quantitative estimate of drug-likeness (QED) is 0.511. The van der Waals surface area contributed by atoms with E-state index in [1.54, 1.807) is 0 Å². The molecule has 0 aliphatic rings. The first-order valence-corrected chi connectivity index (χ1v) is 5.98. The summed E-state index contributed by atoms with van der Waals surface area (Å²) in [6.07, 6.45) is 1.29. The average molecular weight is 129 g/mol. The lowest BCUT2D eigenvalue weighted by Crippen LogP contribution is -2.08. The molecule has 0 unspecified atom stereocenters. The Labute approximate surface area is 54.9 Å². The van der Waals surface area contributed by atoms with E-state index >= 15 is 0 Å². The van der Waals surface area contributed by atoms with E-state index in [0.29, 0.717) is 0 Å². The van der Waals surface area contributed by atoms with E-state index in [4.69, 9.17) is 0 Å². The summed E-state index contributed by atoms with van der Waals surface area (Å²) in [5, 5.41) is 0. The third kappa shape index (κ3) is 3.25. The van der Waals surface area contributed by atoms with Crippen LogP contribution < -0.4 is 0 Å². The van der Waals surface area contributed by atoms with Gasteiger partial charge in [0.25, 0.3) is 0 Å². The first-order chi connectivity index (χ1) is 3.85. The summed E-state index contributed by atoms with van der Waals surface area (Å²) in [7, 11) is -0.317. The van der Waals surface area contributed by atoms with Gasteiger partial charge in [-0.3, -0.25) is 0 Å². The molecule has 0 bridgehead atoms. The van der Waals surface area contributed by atoms with Crippen molar-refractivity contribution < 1.29 is 0 Å². The molecule has 1 radical (unpaired) electrons. The minimum absolute atomic E-state index is 0.317. The molecule has 0 saturated carbocycles. The Bertz CT molecular complexity index is 39.7. The predicted octanol–water partition coefficient (Wildman–Crippen LogP) is 2.41. The van der Waals surface area contributed by atoms with Crippen LogP contribution in [0.15, 0.2) is 0 Å². The van der Waals surface area contributed by atoms with Gasteiger partial charge in [0.05, 0.1) is 0 Å². The van der Waals surface area contributed by atoms with Crippen LogP contribution in [0.25, 0.3) is 0 Å². The maximum atomic E-state index is 2.54. The second-order valence-corrected chi connectivity index (χ2v) is 5.85. The molecule has 0 aromatic heterocycles. The fraction of sp³-hybridized carbons (Fsp3) is 0.857. The Kier molecular flexibility index (Phi) is 5.50. The minimum atomic E-state index is -0.317. The van der Waals surface area contributed by atoms with E-state index in [1.807, 2.05) is 0 Å². The third-order valence-electron chi connectivity index (χ3n) is 1.62. The van der Waals surface area contributed by atoms with Crippen molar-refractivity contribution in [3.05, 3.63) is 6.04 Å². The van der Waals surface area contributed by atoms with Crippen LogP contribution >= 0.6 is 0 Å². The Morgan fingerprint density at radius 2 is 1.62 bits per heavy atom. The normalized spacial score (nSPS) is 10.5. The van der Waals surface area contributed by atoms with E-state index < -0.39 is 0 Å². The molecule has 0 rings (SSSR count). The Hall–Kier alpha value is 0.217. The molecule has 1 heteroatoms. The SMILES string of the molecule is CC[CH][SiH](CC)CC. The molecule has 8 heavy (non-hydrogen) atoms. The van der Waals surface area contributed by atoms with Crippen LogP contribution in [0.2, 0.25) is 12.1 Å². The lowest BCUT2D eigenvalue weighted by Gasteiger charge is -2.05. The van der Waals surface area contributed by atoms with Gasteiger partial charge < -0.3 is 0 Å². The lowest BCUT2D eigenvalue weighted by molar-refractivity contribution is 1.15. The maximum absolute atomic E-state index is 2.54. The van der Waals surface area contributed by atoms with E-state index in [1.165, 1.54) is 18.5 Å². The highest BCUT2D eigenvalue weighted by molar-refractivity contribution is 6.62. The van der Waals surface area contributed by atoms with Crippen molar-refractivity contribution in [3.63, 3.8) is 0 Å². The molecule has 0 aromatic rings. The van der Waals surface area contributed by atoms with Crippen molar-refractivity contribution in [2.24, 2.45) is 0 Å². The summed E-state index contributed by atoms with van der Waals surface area (Å²) in [5.41, 5.74) is 0. The second kappa shape index (κ2) is 5.36. The van der Waals surface area contributed by atoms with Gasteiger partial charge in [-0.1, -0.05) is 39.3 Å². The summed E-state index contributed by atoms with van der Waals surface area (Å²) < 4.78 is 0. The molecule has 0 fully saturated rings. The van der Waals surface area contributed by atoms with Gasteiger partial charge in [-0.15, -0.1) is 0 Å². The largest absolute Gasteiger partial charge is 0.0680 e. The first-order valence-electron chi connectivity index (χ1n) is 3.68. The van der Waals surface area contributed by atoms with Gasteiger partial charge in [0.15, 0.2) is 0 Å². The zero-order valence-electron chi connectivity index (χ0n) is 6.28. The smallest absolute Gasteiger partial charge is 0.0393 e. The highest BCUT2D eigenvalue weighted by Crippen LogP contribution is 2.03. The van der Waals surface area contributed by atoms with E-state index in [2.05, 4.69) is 26.8 Å². The highest BCUT2D eigenvalue weighted by atomic mass is 28.3. The van der Waals surface area contributed by atoms with Gasteiger partial charge in [-0.25, -0.2) is 0 Å². The maximum Gasteiger partial charge on any atom is 0.0393 e. The van der Waals surface area contributed by atoms with Gasteiger partial charge in [-0.2, -0.15) is 0 Å². The van der Waals surface area contributed by atoms with Crippen LogP contribution in [0, 0.1) is 6.04 Å². The van der Waals surface area contributed by atoms with Crippen LogP contribution in [0.1, 0.15) is 27.2 Å². The molecular weight excluding hydrogens is 112 g/mol. The Morgan fingerprint density at radius 3 is 1.75 bits per heavy atom. The molecule has 0 saturated heterocycles. The van der Waals surface area contributed by atoms with Crippen LogP contribution in [0.4, 0.5) is 0 Å². The number of hydrogen-bond donors (Lipinski definition) is 0. The molecule has 0 aliphatic carbocycles. The molecule has 49 valence electrons. The van der Waals surface area contributed by atoms with Crippen LogP contribution in [-0.2, 0) is 0 Å². The summed E-state index contributed by atoms with van der Waals surface area (Å²) in [6, 6.07) is 5.44. The van der Waals surface area contributed by atoms with E-state index in [-0.39, 0.29) is 8.80 Å².